The van der Waals surface area contributed by atoms with Crippen molar-refractivity contribution in [2.75, 3.05) is 13.1 Å². The van der Waals surface area contributed by atoms with Crippen molar-refractivity contribution in [1.82, 2.24) is 20.2 Å². The molecule has 0 fully saturated rings. The Kier molecular flexibility index (Phi) is 5.11. The zero-order valence-electron chi connectivity index (χ0n) is 14.0. The first-order chi connectivity index (χ1) is 12.8. The van der Waals surface area contributed by atoms with Crippen molar-refractivity contribution in [3.8, 4) is 5.69 Å². The van der Waals surface area contributed by atoms with Crippen LogP contribution in [-0.2, 0) is 4.79 Å². The molecule has 9 heteroatoms. The maximum Gasteiger partial charge on any atom is 0.405 e. The van der Waals surface area contributed by atoms with Crippen molar-refractivity contribution in [3.05, 3.63) is 60.4 Å². The van der Waals surface area contributed by atoms with Crippen LogP contribution in [0.5, 0.6) is 0 Å². The van der Waals surface area contributed by atoms with E-state index in [9.17, 15) is 22.8 Å². The number of imidazole rings is 1. The number of nitrogens with one attached hydrogen (secondary N) is 2. The number of hydrogen-bond acceptors (Lipinski definition) is 3. The molecule has 6 nitrogen and oxygen atoms in total. The van der Waals surface area contributed by atoms with Gasteiger partial charge in [0.2, 0.25) is 5.91 Å². The SMILES string of the molecule is O=C(CNC(=O)c1ccc(-n2cnc3ccccc32)cc1)NCC(F)(F)F. The van der Waals surface area contributed by atoms with E-state index in [1.54, 1.807) is 35.9 Å². The van der Waals surface area contributed by atoms with Gasteiger partial charge >= 0.3 is 6.18 Å². The summed E-state index contributed by atoms with van der Waals surface area (Å²) < 4.78 is 37.9. The van der Waals surface area contributed by atoms with Crippen LogP contribution < -0.4 is 10.6 Å². The fourth-order valence-electron chi connectivity index (χ4n) is 2.46. The predicted molar refractivity (Wildman–Crippen MR) is 92.5 cm³/mol. The monoisotopic (exact) mass is 376 g/mol. The normalized spacial score (nSPS) is 11.4. The molecule has 0 bridgehead atoms. The van der Waals surface area contributed by atoms with Gasteiger partial charge in [-0.2, -0.15) is 13.2 Å². The molecule has 0 spiro atoms. The zero-order chi connectivity index (χ0) is 19.4. The van der Waals surface area contributed by atoms with Crippen LogP contribution in [0.1, 0.15) is 10.4 Å². The van der Waals surface area contributed by atoms with Crippen LogP contribution in [0.25, 0.3) is 16.7 Å². The van der Waals surface area contributed by atoms with Crippen LogP contribution in [0.2, 0.25) is 0 Å². The van der Waals surface area contributed by atoms with Crippen molar-refractivity contribution in [1.29, 1.82) is 0 Å². The van der Waals surface area contributed by atoms with Gasteiger partial charge < -0.3 is 10.6 Å². The number of para-hydroxylation sites is 2. The van der Waals surface area contributed by atoms with Gasteiger partial charge in [-0.1, -0.05) is 12.1 Å². The van der Waals surface area contributed by atoms with E-state index in [1.165, 1.54) is 0 Å². The third-order valence-corrected chi connectivity index (χ3v) is 3.76. The van der Waals surface area contributed by atoms with E-state index in [1.807, 2.05) is 28.8 Å². The number of fused-ring (bicyclic) bond motifs is 1. The molecule has 3 aromatic rings. The molecular weight excluding hydrogens is 361 g/mol. The summed E-state index contributed by atoms with van der Waals surface area (Å²) in [5.74, 6) is -1.47. The number of carbonyl (C=O) groups excluding carboxylic acids is 2. The molecule has 3 rings (SSSR count). The Morgan fingerprint density at radius 1 is 1.00 bits per heavy atom. The van der Waals surface area contributed by atoms with Crippen LogP contribution in [-0.4, -0.2) is 40.6 Å². The summed E-state index contributed by atoms with van der Waals surface area (Å²) in [5, 5.41) is 3.97. The summed E-state index contributed by atoms with van der Waals surface area (Å²) in [6.45, 7) is -1.97. The van der Waals surface area contributed by atoms with E-state index in [0.29, 0.717) is 0 Å². The van der Waals surface area contributed by atoms with Crippen molar-refractivity contribution in [3.63, 3.8) is 0 Å². The number of amides is 2. The van der Waals surface area contributed by atoms with Gasteiger partial charge in [0.25, 0.3) is 5.91 Å². The summed E-state index contributed by atoms with van der Waals surface area (Å²) in [6.07, 6.45) is -2.82. The van der Waals surface area contributed by atoms with Crippen molar-refractivity contribution in [2.24, 2.45) is 0 Å². The summed E-state index contributed by atoms with van der Waals surface area (Å²) in [7, 11) is 0. The first kappa shape index (κ1) is 18.4. The quantitative estimate of drug-likeness (QED) is 0.718. The summed E-state index contributed by atoms with van der Waals surface area (Å²) in [6, 6.07) is 14.1. The maximum absolute atomic E-state index is 12.0. The number of nitrogens with zero attached hydrogens (tertiary/aromatic N) is 2. The van der Waals surface area contributed by atoms with Gasteiger partial charge in [0.05, 0.1) is 17.6 Å². The lowest BCUT2D eigenvalue weighted by atomic mass is 10.2. The van der Waals surface area contributed by atoms with Crippen LogP contribution in [0, 0.1) is 0 Å². The second-order valence-electron chi connectivity index (χ2n) is 5.72. The number of aromatic nitrogens is 2. The summed E-state index contributed by atoms with van der Waals surface area (Å²) >= 11 is 0. The minimum Gasteiger partial charge on any atom is -0.345 e. The second kappa shape index (κ2) is 7.48. The van der Waals surface area contributed by atoms with Gasteiger partial charge in [-0.25, -0.2) is 4.98 Å². The molecule has 0 unspecified atom stereocenters. The average molecular weight is 376 g/mol. The van der Waals surface area contributed by atoms with Gasteiger partial charge in [-0.3, -0.25) is 14.2 Å². The Morgan fingerprint density at radius 2 is 1.70 bits per heavy atom. The van der Waals surface area contributed by atoms with Gasteiger partial charge in [-0.05, 0) is 36.4 Å². The summed E-state index contributed by atoms with van der Waals surface area (Å²) in [5.41, 5.74) is 2.83. The fraction of sp³-hybridized carbons (Fsp3) is 0.167. The fourth-order valence-corrected chi connectivity index (χ4v) is 2.46. The Labute approximate surface area is 152 Å². The molecule has 1 aromatic heterocycles. The molecule has 27 heavy (non-hydrogen) atoms. The van der Waals surface area contributed by atoms with Crippen LogP contribution >= 0.6 is 0 Å². The van der Waals surface area contributed by atoms with E-state index >= 15 is 0 Å². The molecule has 0 aliphatic carbocycles. The largest absolute Gasteiger partial charge is 0.405 e. The molecule has 0 saturated carbocycles. The van der Waals surface area contributed by atoms with Crippen molar-refractivity contribution >= 4 is 22.8 Å². The molecule has 0 radical (unpaired) electrons. The molecule has 0 atom stereocenters. The Balaban J connectivity index is 1.62. The van der Waals surface area contributed by atoms with E-state index in [-0.39, 0.29) is 5.56 Å². The molecule has 2 aromatic carbocycles. The minimum atomic E-state index is -4.49. The van der Waals surface area contributed by atoms with Crippen molar-refractivity contribution in [2.45, 2.75) is 6.18 Å². The molecule has 1 heterocycles. The lowest BCUT2D eigenvalue weighted by Crippen LogP contribution is -2.40. The Hall–Kier alpha value is -3.36. The number of benzene rings is 2. The number of carbonyl (C=O) groups is 2. The van der Waals surface area contributed by atoms with E-state index < -0.39 is 31.1 Å². The average Bonchev–Trinajstić information content (AvgIpc) is 3.08. The van der Waals surface area contributed by atoms with E-state index in [4.69, 9.17) is 0 Å². The molecule has 0 aliphatic heterocycles. The van der Waals surface area contributed by atoms with Gasteiger partial charge in [-0.15, -0.1) is 0 Å². The topological polar surface area (TPSA) is 76.0 Å². The second-order valence-corrected chi connectivity index (χ2v) is 5.72. The predicted octanol–water partition coefficient (Wildman–Crippen LogP) is 2.43. The number of halogens is 3. The first-order valence-corrected chi connectivity index (χ1v) is 7.98. The number of alkyl halides is 3. The molecular formula is C18H15F3N4O2. The highest BCUT2D eigenvalue weighted by Crippen LogP contribution is 2.18. The standard InChI is InChI=1S/C18H15F3N4O2/c19-18(20,21)10-23-16(26)9-22-17(27)12-5-7-13(8-6-12)25-11-24-14-3-1-2-4-15(14)25/h1-8,11H,9-10H2,(H,22,27)(H,23,26). The highest BCUT2D eigenvalue weighted by molar-refractivity contribution is 5.96. The van der Waals surface area contributed by atoms with E-state index in [0.717, 1.165) is 16.7 Å². The smallest absolute Gasteiger partial charge is 0.345 e. The maximum atomic E-state index is 12.0. The Morgan fingerprint density at radius 3 is 2.41 bits per heavy atom. The third kappa shape index (κ3) is 4.63. The molecule has 2 amide bonds. The number of hydrogen-bond donors (Lipinski definition) is 2. The minimum absolute atomic E-state index is 0.284. The van der Waals surface area contributed by atoms with E-state index in [2.05, 4.69) is 10.3 Å². The molecule has 2 N–H and O–H groups in total. The third-order valence-electron chi connectivity index (χ3n) is 3.76. The van der Waals surface area contributed by atoms with Crippen LogP contribution in [0.15, 0.2) is 54.9 Å². The molecule has 0 aliphatic rings. The zero-order valence-corrected chi connectivity index (χ0v) is 14.0. The van der Waals surface area contributed by atoms with Crippen LogP contribution in [0.3, 0.4) is 0 Å². The summed E-state index contributed by atoms with van der Waals surface area (Å²) in [4.78, 5) is 27.6. The highest BCUT2D eigenvalue weighted by Gasteiger charge is 2.27. The first-order valence-electron chi connectivity index (χ1n) is 7.98. The molecule has 140 valence electrons. The highest BCUT2D eigenvalue weighted by atomic mass is 19.4. The Bertz CT molecular complexity index is 965. The van der Waals surface area contributed by atoms with Gasteiger partial charge in [0.15, 0.2) is 0 Å². The molecule has 0 saturated heterocycles. The van der Waals surface area contributed by atoms with Crippen LogP contribution in [0.4, 0.5) is 13.2 Å². The van der Waals surface area contributed by atoms with Gasteiger partial charge in [0, 0.05) is 11.3 Å². The lowest BCUT2D eigenvalue weighted by Gasteiger charge is -2.09. The van der Waals surface area contributed by atoms with Crippen molar-refractivity contribution < 1.29 is 22.8 Å². The lowest BCUT2D eigenvalue weighted by molar-refractivity contribution is -0.137. The van der Waals surface area contributed by atoms with Gasteiger partial charge in [0.1, 0.15) is 12.9 Å². The number of rotatable bonds is 5.